The topological polar surface area (TPSA) is 70.2 Å². The minimum atomic E-state index is -0.299. The van der Waals surface area contributed by atoms with Crippen molar-refractivity contribution in [2.24, 2.45) is 0 Å². The summed E-state index contributed by atoms with van der Waals surface area (Å²) in [5, 5.41) is 8.46. The predicted molar refractivity (Wildman–Crippen MR) is 88.9 cm³/mol. The van der Waals surface area contributed by atoms with E-state index in [0.717, 1.165) is 5.69 Å². The lowest BCUT2D eigenvalue weighted by Crippen LogP contribution is -2.16. The molecule has 2 aromatic rings. The van der Waals surface area contributed by atoms with Gasteiger partial charge in [-0.15, -0.1) is 0 Å². The highest BCUT2D eigenvalue weighted by Gasteiger charge is 2.04. The van der Waals surface area contributed by atoms with E-state index in [-0.39, 0.29) is 24.1 Å². The van der Waals surface area contributed by atoms with E-state index in [0.29, 0.717) is 17.9 Å². The lowest BCUT2D eigenvalue weighted by atomic mass is 10.2. The van der Waals surface area contributed by atoms with Crippen molar-refractivity contribution in [3.63, 3.8) is 0 Å². The molecule has 0 aliphatic rings. The van der Waals surface area contributed by atoms with Gasteiger partial charge < -0.3 is 16.0 Å². The molecule has 3 N–H and O–H groups in total. The maximum absolute atomic E-state index is 12.8. The molecular formula is C17H18FN3O2. The lowest BCUT2D eigenvalue weighted by molar-refractivity contribution is -0.116. The molecule has 0 aliphatic carbocycles. The molecule has 6 heteroatoms. The van der Waals surface area contributed by atoms with Crippen LogP contribution in [-0.2, 0) is 9.59 Å². The van der Waals surface area contributed by atoms with Gasteiger partial charge in [0.2, 0.25) is 11.8 Å². The Bertz CT molecular complexity index is 686. The second-order valence-electron chi connectivity index (χ2n) is 4.99. The van der Waals surface area contributed by atoms with Crippen LogP contribution in [-0.4, -0.2) is 18.4 Å². The fourth-order valence-electron chi connectivity index (χ4n) is 1.99. The number of nitrogens with one attached hydrogen (secondary N) is 3. The smallest absolute Gasteiger partial charge is 0.226 e. The molecule has 0 heterocycles. The molecule has 2 amide bonds. The molecular weight excluding hydrogens is 297 g/mol. The molecule has 0 aromatic heterocycles. The predicted octanol–water partition coefficient (Wildman–Crippen LogP) is 3.22. The van der Waals surface area contributed by atoms with Gasteiger partial charge in [-0.2, -0.15) is 0 Å². The van der Waals surface area contributed by atoms with E-state index in [4.69, 9.17) is 0 Å². The first kappa shape index (κ1) is 16.5. The number of carbonyl (C=O) groups excluding carboxylic acids is 2. The first-order chi connectivity index (χ1) is 11.0. The summed E-state index contributed by atoms with van der Waals surface area (Å²) in [6.07, 6.45) is 0.266. The molecule has 0 atom stereocenters. The largest absolute Gasteiger partial charge is 0.385 e. The van der Waals surface area contributed by atoms with E-state index >= 15 is 0 Å². The number of rotatable bonds is 6. The van der Waals surface area contributed by atoms with Gasteiger partial charge in [-0.25, -0.2) is 4.39 Å². The number of hydrogen-bond acceptors (Lipinski definition) is 3. The summed E-state index contributed by atoms with van der Waals surface area (Å²) in [6, 6.07) is 12.9. The molecule has 0 saturated heterocycles. The van der Waals surface area contributed by atoms with E-state index in [2.05, 4.69) is 16.0 Å². The van der Waals surface area contributed by atoms with Crippen LogP contribution in [0.3, 0.4) is 0 Å². The molecule has 23 heavy (non-hydrogen) atoms. The second-order valence-corrected chi connectivity index (χ2v) is 4.99. The zero-order chi connectivity index (χ0) is 16.7. The first-order valence-electron chi connectivity index (χ1n) is 7.20. The summed E-state index contributed by atoms with van der Waals surface area (Å²) in [5.74, 6) is -0.621. The molecule has 120 valence electrons. The lowest BCUT2D eigenvalue weighted by Gasteiger charge is -2.09. The summed E-state index contributed by atoms with van der Waals surface area (Å²) in [6.45, 7) is 1.86. The van der Waals surface area contributed by atoms with Crippen LogP contribution in [0.15, 0.2) is 48.5 Å². The number of benzene rings is 2. The molecule has 0 spiro atoms. The van der Waals surface area contributed by atoms with Gasteiger partial charge in [0.1, 0.15) is 5.82 Å². The Kier molecular flexibility index (Phi) is 5.68. The summed E-state index contributed by atoms with van der Waals surface area (Å²) >= 11 is 0. The van der Waals surface area contributed by atoms with Gasteiger partial charge in [-0.1, -0.05) is 6.07 Å². The van der Waals surface area contributed by atoms with Crippen molar-refractivity contribution < 1.29 is 14.0 Å². The quantitative estimate of drug-likeness (QED) is 0.766. The van der Waals surface area contributed by atoms with Crippen LogP contribution in [0.5, 0.6) is 0 Å². The Balaban J connectivity index is 1.80. The monoisotopic (exact) mass is 315 g/mol. The van der Waals surface area contributed by atoms with Crippen LogP contribution >= 0.6 is 0 Å². The third-order valence-electron chi connectivity index (χ3n) is 2.99. The number of hydrogen-bond donors (Lipinski definition) is 3. The number of amides is 2. The molecule has 5 nitrogen and oxygen atoms in total. The van der Waals surface area contributed by atoms with Gasteiger partial charge in [0, 0.05) is 37.0 Å². The maximum Gasteiger partial charge on any atom is 0.226 e. The minimum Gasteiger partial charge on any atom is -0.385 e. The molecule has 0 unspecified atom stereocenters. The van der Waals surface area contributed by atoms with E-state index in [9.17, 15) is 14.0 Å². The van der Waals surface area contributed by atoms with Crippen LogP contribution in [0.4, 0.5) is 21.5 Å². The van der Waals surface area contributed by atoms with Crippen LogP contribution in [0.2, 0.25) is 0 Å². The zero-order valence-electron chi connectivity index (χ0n) is 12.7. The van der Waals surface area contributed by atoms with Gasteiger partial charge in [-0.3, -0.25) is 9.59 Å². The van der Waals surface area contributed by atoms with Crippen molar-refractivity contribution in [1.29, 1.82) is 0 Å². The second kappa shape index (κ2) is 7.93. The van der Waals surface area contributed by atoms with Crippen molar-refractivity contribution in [2.45, 2.75) is 13.3 Å². The third kappa shape index (κ3) is 5.78. The minimum absolute atomic E-state index is 0.153. The molecule has 0 saturated carbocycles. The van der Waals surface area contributed by atoms with E-state index in [1.807, 2.05) is 0 Å². The average molecular weight is 315 g/mol. The maximum atomic E-state index is 12.8. The standard InChI is InChI=1S/C17H18FN3O2/c1-12(22)20-15-3-2-4-16(11-15)21-17(23)9-10-19-14-7-5-13(18)6-8-14/h2-8,11,19H,9-10H2,1H3,(H,20,22)(H,21,23). The number of anilines is 3. The van der Waals surface area contributed by atoms with Gasteiger partial charge >= 0.3 is 0 Å². The van der Waals surface area contributed by atoms with Crippen LogP contribution in [0, 0.1) is 5.82 Å². The first-order valence-corrected chi connectivity index (χ1v) is 7.20. The normalized spacial score (nSPS) is 10.0. The fraction of sp³-hybridized carbons (Fsp3) is 0.176. The van der Waals surface area contributed by atoms with Crippen molar-refractivity contribution in [3.8, 4) is 0 Å². The van der Waals surface area contributed by atoms with Gasteiger partial charge in [-0.05, 0) is 42.5 Å². The third-order valence-corrected chi connectivity index (χ3v) is 2.99. The van der Waals surface area contributed by atoms with Crippen LogP contribution in [0.25, 0.3) is 0 Å². The van der Waals surface area contributed by atoms with Crippen molar-refractivity contribution >= 4 is 28.9 Å². The van der Waals surface area contributed by atoms with E-state index in [1.54, 1.807) is 36.4 Å². The number of halogens is 1. The Hall–Kier alpha value is -2.89. The number of carbonyl (C=O) groups is 2. The Morgan fingerprint density at radius 1 is 0.957 bits per heavy atom. The fourth-order valence-corrected chi connectivity index (χ4v) is 1.99. The summed E-state index contributed by atoms with van der Waals surface area (Å²) in [4.78, 5) is 22.9. The Morgan fingerprint density at radius 2 is 1.61 bits per heavy atom. The van der Waals surface area contributed by atoms with Gasteiger partial charge in [0.25, 0.3) is 0 Å². The summed E-state index contributed by atoms with van der Waals surface area (Å²) in [7, 11) is 0. The SMILES string of the molecule is CC(=O)Nc1cccc(NC(=O)CCNc2ccc(F)cc2)c1. The van der Waals surface area contributed by atoms with Gasteiger partial charge in [0.15, 0.2) is 0 Å². The highest BCUT2D eigenvalue weighted by atomic mass is 19.1. The zero-order valence-corrected chi connectivity index (χ0v) is 12.7. The molecule has 2 rings (SSSR count). The Morgan fingerprint density at radius 3 is 2.26 bits per heavy atom. The molecule has 0 bridgehead atoms. The summed E-state index contributed by atoms with van der Waals surface area (Å²) < 4.78 is 12.8. The summed E-state index contributed by atoms with van der Waals surface area (Å²) in [5.41, 5.74) is 2.00. The van der Waals surface area contributed by atoms with Gasteiger partial charge in [0.05, 0.1) is 0 Å². The van der Waals surface area contributed by atoms with Crippen molar-refractivity contribution in [3.05, 3.63) is 54.3 Å². The molecule has 0 radical (unpaired) electrons. The molecule has 0 fully saturated rings. The van der Waals surface area contributed by atoms with Crippen molar-refractivity contribution in [1.82, 2.24) is 0 Å². The van der Waals surface area contributed by atoms with E-state index in [1.165, 1.54) is 19.1 Å². The van der Waals surface area contributed by atoms with Crippen LogP contribution in [0.1, 0.15) is 13.3 Å². The van der Waals surface area contributed by atoms with Crippen molar-refractivity contribution in [2.75, 3.05) is 22.5 Å². The highest BCUT2D eigenvalue weighted by molar-refractivity contribution is 5.93. The average Bonchev–Trinajstić information content (AvgIpc) is 2.49. The highest BCUT2D eigenvalue weighted by Crippen LogP contribution is 2.15. The van der Waals surface area contributed by atoms with Crippen LogP contribution < -0.4 is 16.0 Å². The van der Waals surface area contributed by atoms with E-state index < -0.39 is 0 Å². The molecule has 0 aliphatic heterocycles. The Labute approximate surface area is 133 Å². The molecule has 2 aromatic carbocycles.